The lowest BCUT2D eigenvalue weighted by Gasteiger charge is -2.34. The van der Waals surface area contributed by atoms with E-state index >= 15 is 0 Å². The molecule has 1 aliphatic carbocycles. The summed E-state index contributed by atoms with van der Waals surface area (Å²) >= 11 is 0. The van der Waals surface area contributed by atoms with Gasteiger partial charge in [0.05, 0.1) is 18.4 Å². The van der Waals surface area contributed by atoms with Crippen molar-refractivity contribution >= 4 is 23.1 Å². The van der Waals surface area contributed by atoms with E-state index in [-0.39, 0.29) is 12.0 Å². The molecule has 2 amide bonds. The Balaban J connectivity index is 1.49. The summed E-state index contributed by atoms with van der Waals surface area (Å²) in [7, 11) is 0. The summed E-state index contributed by atoms with van der Waals surface area (Å²) in [5, 5.41) is 0. The molecule has 7 heteroatoms. The van der Waals surface area contributed by atoms with E-state index in [0.29, 0.717) is 44.4 Å². The summed E-state index contributed by atoms with van der Waals surface area (Å²) in [5.41, 5.74) is 2.44. The molecular weight excluding hydrogens is 334 g/mol. The normalized spacial score (nSPS) is 18.2. The molecule has 0 atom stereocenters. The van der Waals surface area contributed by atoms with Crippen LogP contribution < -0.4 is 0 Å². The zero-order valence-corrected chi connectivity index (χ0v) is 15.1. The Kier molecular flexibility index (Phi) is 4.61. The second kappa shape index (κ2) is 7.05. The molecular formula is C19H25N3O4. The average Bonchev–Trinajstić information content (AvgIpc) is 3.19. The number of piperazine rings is 1. The van der Waals surface area contributed by atoms with Crippen molar-refractivity contribution < 1.29 is 18.7 Å². The van der Waals surface area contributed by atoms with Gasteiger partial charge in [-0.2, -0.15) is 0 Å². The van der Waals surface area contributed by atoms with Crippen LogP contribution in [-0.2, 0) is 11.3 Å². The first-order valence-corrected chi connectivity index (χ1v) is 9.45. The van der Waals surface area contributed by atoms with E-state index in [9.17, 15) is 9.59 Å². The Morgan fingerprint density at radius 3 is 2.58 bits per heavy atom. The third-order valence-electron chi connectivity index (χ3n) is 5.50. The van der Waals surface area contributed by atoms with Crippen molar-refractivity contribution in [3.8, 4) is 0 Å². The third kappa shape index (κ3) is 3.06. The fraction of sp³-hybridized carbons (Fsp3) is 0.579. The van der Waals surface area contributed by atoms with Gasteiger partial charge in [-0.25, -0.2) is 4.79 Å². The first kappa shape index (κ1) is 17.0. The highest BCUT2D eigenvalue weighted by atomic mass is 16.6. The van der Waals surface area contributed by atoms with Crippen LogP contribution in [0.4, 0.5) is 4.79 Å². The van der Waals surface area contributed by atoms with Crippen LogP contribution in [0.25, 0.3) is 11.1 Å². The van der Waals surface area contributed by atoms with E-state index in [2.05, 4.69) is 4.57 Å². The second-order valence-electron chi connectivity index (χ2n) is 7.09. The van der Waals surface area contributed by atoms with Crippen molar-refractivity contribution in [2.24, 2.45) is 5.92 Å². The first-order valence-electron chi connectivity index (χ1n) is 9.45. The molecule has 3 heterocycles. The zero-order chi connectivity index (χ0) is 18.1. The summed E-state index contributed by atoms with van der Waals surface area (Å²) in [5.74, 6) is 0.659. The van der Waals surface area contributed by atoms with E-state index in [1.54, 1.807) is 18.1 Å². The van der Waals surface area contributed by atoms with Gasteiger partial charge in [0, 0.05) is 44.9 Å². The molecule has 0 radical (unpaired) electrons. The topological polar surface area (TPSA) is 67.9 Å². The minimum atomic E-state index is -0.300. The summed E-state index contributed by atoms with van der Waals surface area (Å²) in [6.45, 7) is 5.08. The standard InChI is InChI=1S/C19H25N3O4/c1-2-25-19(24)21-9-7-20(8-10-21)18(23)16-12-17-15(6-11-26-17)22(16)13-14-4-3-5-14/h6,11-12,14H,2-5,7-10,13H2,1H3. The second-order valence-corrected chi connectivity index (χ2v) is 7.09. The number of rotatable bonds is 4. The molecule has 1 saturated heterocycles. The Hall–Kier alpha value is -2.44. The first-order chi connectivity index (χ1) is 12.7. The van der Waals surface area contributed by atoms with Gasteiger partial charge in [-0.05, 0) is 25.7 Å². The van der Waals surface area contributed by atoms with Crippen LogP contribution in [0.15, 0.2) is 22.8 Å². The van der Waals surface area contributed by atoms with Gasteiger partial charge in [0.2, 0.25) is 0 Å². The molecule has 1 aliphatic heterocycles. The van der Waals surface area contributed by atoms with E-state index in [1.807, 2.05) is 17.0 Å². The number of nitrogens with zero attached hydrogens (tertiary/aromatic N) is 3. The highest BCUT2D eigenvalue weighted by Crippen LogP contribution is 2.31. The number of aromatic nitrogens is 1. The molecule has 2 aromatic rings. The predicted molar refractivity (Wildman–Crippen MR) is 96.0 cm³/mol. The lowest BCUT2D eigenvalue weighted by molar-refractivity contribution is 0.0561. The van der Waals surface area contributed by atoms with Crippen molar-refractivity contribution in [3.05, 3.63) is 24.1 Å². The maximum atomic E-state index is 13.1. The van der Waals surface area contributed by atoms with Crippen LogP contribution in [0.3, 0.4) is 0 Å². The minimum absolute atomic E-state index is 0.0132. The van der Waals surface area contributed by atoms with Gasteiger partial charge in [-0.15, -0.1) is 0 Å². The van der Waals surface area contributed by atoms with Crippen LogP contribution in [-0.4, -0.2) is 59.2 Å². The van der Waals surface area contributed by atoms with Crippen molar-refractivity contribution in [1.82, 2.24) is 14.4 Å². The number of carbonyl (C=O) groups excluding carboxylic acids is 2. The molecule has 0 N–H and O–H groups in total. The number of furan rings is 1. The number of amides is 2. The molecule has 2 fully saturated rings. The quantitative estimate of drug-likeness (QED) is 0.842. The van der Waals surface area contributed by atoms with Gasteiger partial charge in [-0.1, -0.05) is 6.42 Å². The number of carbonyl (C=O) groups is 2. The van der Waals surface area contributed by atoms with Crippen LogP contribution in [0.1, 0.15) is 36.7 Å². The van der Waals surface area contributed by atoms with Gasteiger partial charge in [-0.3, -0.25) is 4.79 Å². The van der Waals surface area contributed by atoms with Gasteiger partial charge in [0.25, 0.3) is 5.91 Å². The number of hydrogen-bond acceptors (Lipinski definition) is 4. The average molecular weight is 359 g/mol. The van der Waals surface area contributed by atoms with Gasteiger partial charge in [0.15, 0.2) is 5.58 Å². The fourth-order valence-corrected chi connectivity index (χ4v) is 3.75. The molecule has 140 valence electrons. The smallest absolute Gasteiger partial charge is 0.409 e. The summed E-state index contributed by atoms with van der Waals surface area (Å²) < 4.78 is 12.7. The van der Waals surface area contributed by atoms with Gasteiger partial charge < -0.3 is 23.5 Å². The maximum Gasteiger partial charge on any atom is 0.409 e. The van der Waals surface area contributed by atoms with E-state index in [4.69, 9.17) is 9.15 Å². The van der Waals surface area contributed by atoms with Crippen LogP contribution in [0, 0.1) is 5.92 Å². The molecule has 0 unspecified atom stereocenters. The molecule has 0 aromatic carbocycles. The molecule has 0 bridgehead atoms. The molecule has 2 aromatic heterocycles. The summed E-state index contributed by atoms with van der Waals surface area (Å²) in [6, 6.07) is 3.79. The van der Waals surface area contributed by atoms with Crippen molar-refractivity contribution in [2.75, 3.05) is 32.8 Å². The molecule has 26 heavy (non-hydrogen) atoms. The zero-order valence-electron chi connectivity index (χ0n) is 15.1. The predicted octanol–water partition coefficient (Wildman–Crippen LogP) is 2.95. The maximum absolute atomic E-state index is 13.1. The summed E-state index contributed by atoms with van der Waals surface area (Å²) in [4.78, 5) is 28.4. The summed E-state index contributed by atoms with van der Waals surface area (Å²) in [6.07, 6.45) is 5.10. The SMILES string of the molecule is CCOC(=O)N1CCN(C(=O)c2cc3occc3n2CC2CCC2)CC1. The van der Waals surface area contributed by atoms with Gasteiger partial charge >= 0.3 is 6.09 Å². The van der Waals surface area contributed by atoms with Crippen molar-refractivity contribution in [2.45, 2.75) is 32.7 Å². The van der Waals surface area contributed by atoms with E-state index in [0.717, 1.165) is 17.6 Å². The Bertz CT molecular complexity index is 797. The number of fused-ring (bicyclic) bond motifs is 1. The number of ether oxygens (including phenoxy) is 1. The van der Waals surface area contributed by atoms with Crippen LogP contribution in [0.5, 0.6) is 0 Å². The Morgan fingerprint density at radius 2 is 1.92 bits per heavy atom. The fourth-order valence-electron chi connectivity index (χ4n) is 3.75. The molecule has 7 nitrogen and oxygen atoms in total. The highest BCUT2D eigenvalue weighted by Gasteiger charge is 2.29. The Labute approximate surface area is 152 Å². The minimum Gasteiger partial charge on any atom is -0.463 e. The van der Waals surface area contributed by atoms with Crippen LogP contribution in [0.2, 0.25) is 0 Å². The molecule has 1 saturated carbocycles. The molecule has 4 rings (SSSR count). The lowest BCUT2D eigenvalue weighted by Crippen LogP contribution is -2.51. The molecule has 2 aliphatic rings. The monoisotopic (exact) mass is 359 g/mol. The third-order valence-corrected chi connectivity index (χ3v) is 5.50. The van der Waals surface area contributed by atoms with Crippen molar-refractivity contribution in [3.63, 3.8) is 0 Å². The largest absolute Gasteiger partial charge is 0.463 e. The molecule has 0 spiro atoms. The Morgan fingerprint density at radius 1 is 1.19 bits per heavy atom. The van der Waals surface area contributed by atoms with E-state index in [1.165, 1.54) is 19.3 Å². The van der Waals surface area contributed by atoms with Crippen LogP contribution >= 0.6 is 0 Å². The van der Waals surface area contributed by atoms with Gasteiger partial charge in [0.1, 0.15) is 5.69 Å². The van der Waals surface area contributed by atoms with E-state index < -0.39 is 0 Å². The highest BCUT2D eigenvalue weighted by molar-refractivity contribution is 5.97. The number of hydrogen-bond donors (Lipinski definition) is 0. The van der Waals surface area contributed by atoms with Crippen molar-refractivity contribution in [1.29, 1.82) is 0 Å². The lowest BCUT2D eigenvalue weighted by atomic mass is 9.85.